The molecule has 0 saturated heterocycles. The van der Waals surface area contributed by atoms with Crippen LogP contribution in [0.4, 0.5) is 5.95 Å². The van der Waals surface area contributed by atoms with E-state index in [4.69, 9.17) is 4.74 Å². The molecule has 0 saturated carbocycles. The molecule has 19 heavy (non-hydrogen) atoms. The first-order valence-electron chi connectivity index (χ1n) is 6.25. The van der Waals surface area contributed by atoms with Crippen molar-refractivity contribution in [3.05, 3.63) is 47.3 Å². The van der Waals surface area contributed by atoms with Crippen LogP contribution in [0.1, 0.15) is 17.0 Å². The highest BCUT2D eigenvalue weighted by Gasteiger charge is 2.09. The van der Waals surface area contributed by atoms with Crippen molar-refractivity contribution in [2.75, 3.05) is 19.1 Å². The zero-order chi connectivity index (χ0) is 13.8. The van der Waals surface area contributed by atoms with E-state index in [1.807, 2.05) is 50.1 Å². The van der Waals surface area contributed by atoms with Crippen molar-refractivity contribution in [2.24, 2.45) is 0 Å². The minimum absolute atomic E-state index is 0.715. The molecule has 0 aliphatic heterocycles. The summed E-state index contributed by atoms with van der Waals surface area (Å²) in [5, 5.41) is 0. The maximum atomic E-state index is 5.36. The summed E-state index contributed by atoms with van der Waals surface area (Å²) in [6.07, 6.45) is 0. The highest BCUT2D eigenvalue weighted by molar-refractivity contribution is 5.39. The van der Waals surface area contributed by atoms with Gasteiger partial charge in [-0.3, -0.25) is 0 Å². The van der Waals surface area contributed by atoms with Crippen LogP contribution in [0.25, 0.3) is 0 Å². The molecule has 0 unspecified atom stereocenters. The number of methoxy groups -OCH3 is 1. The fourth-order valence-electron chi connectivity index (χ4n) is 2.04. The van der Waals surface area contributed by atoms with Gasteiger partial charge in [-0.2, -0.15) is 0 Å². The van der Waals surface area contributed by atoms with Crippen LogP contribution in [0.15, 0.2) is 30.3 Å². The molecule has 1 aromatic heterocycles. The van der Waals surface area contributed by atoms with E-state index < -0.39 is 0 Å². The van der Waals surface area contributed by atoms with Crippen molar-refractivity contribution in [2.45, 2.75) is 20.4 Å². The van der Waals surface area contributed by atoms with Gasteiger partial charge in [0.25, 0.3) is 0 Å². The number of nitrogens with zero attached hydrogens (tertiary/aromatic N) is 3. The minimum atomic E-state index is 0.715. The average molecular weight is 257 g/mol. The SMILES string of the molecule is COc1ccccc1CN(C)c1nc(C)cc(C)n1. The molecule has 1 aromatic carbocycles. The van der Waals surface area contributed by atoms with E-state index in [1.165, 1.54) is 0 Å². The summed E-state index contributed by atoms with van der Waals surface area (Å²) in [5.41, 5.74) is 3.08. The average Bonchev–Trinajstić information content (AvgIpc) is 2.38. The van der Waals surface area contributed by atoms with Gasteiger partial charge < -0.3 is 9.64 Å². The monoisotopic (exact) mass is 257 g/mol. The Hall–Kier alpha value is -2.10. The lowest BCUT2D eigenvalue weighted by Gasteiger charge is -2.19. The van der Waals surface area contributed by atoms with Crippen molar-refractivity contribution in [3.63, 3.8) is 0 Å². The number of hydrogen-bond donors (Lipinski definition) is 0. The molecule has 4 heteroatoms. The lowest BCUT2D eigenvalue weighted by Crippen LogP contribution is -2.20. The summed E-state index contributed by atoms with van der Waals surface area (Å²) in [5.74, 6) is 1.63. The third kappa shape index (κ3) is 3.22. The van der Waals surface area contributed by atoms with E-state index in [0.29, 0.717) is 6.54 Å². The van der Waals surface area contributed by atoms with E-state index in [2.05, 4.69) is 16.0 Å². The number of rotatable bonds is 4. The summed E-state index contributed by atoms with van der Waals surface area (Å²) in [4.78, 5) is 10.9. The van der Waals surface area contributed by atoms with E-state index in [-0.39, 0.29) is 0 Å². The van der Waals surface area contributed by atoms with Crippen LogP contribution in [0.3, 0.4) is 0 Å². The van der Waals surface area contributed by atoms with Gasteiger partial charge in [0.1, 0.15) is 5.75 Å². The molecule has 0 N–H and O–H groups in total. The molecule has 0 fully saturated rings. The highest BCUT2D eigenvalue weighted by Crippen LogP contribution is 2.20. The van der Waals surface area contributed by atoms with Gasteiger partial charge in [0.2, 0.25) is 5.95 Å². The van der Waals surface area contributed by atoms with Gasteiger partial charge in [0, 0.05) is 30.5 Å². The highest BCUT2D eigenvalue weighted by atomic mass is 16.5. The van der Waals surface area contributed by atoms with Gasteiger partial charge in [-0.25, -0.2) is 9.97 Å². The largest absolute Gasteiger partial charge is 0.496 e. The fourth-order valence-corrected chi connectivity index (χ4v) is 2.04. The molecule has 0 atom stereocenters. The Bertz CT molecular complexity index is 549. The Morgan fingerprint density at radius 3 is 2.37 bits per heavy atom. The van der Waals surface area contributed by atoms with Gasteiger partial charge in [0.15, 0.2) is 0 Å². The lowest BCUT2D eigenvalue weighted by atomic mass is 10.2. The second kappa shape index (κ2) is 5.69. The third-order valence-corrected chi connectivity index (χ3v) is 2.91. The molecule has 100 valence electrons. The first-order chi connectivity index (χ1) is 9.10. The molecule has 0 bridgehead atoms. The van der Waals surface area contributed by atoms with Crippen molar-refractivity contribution in [3.8, 4) is 5.75 Å². The fraction of sp³-hybridized carbons (Fsp3) is 0.333. The van der Waals surface area contributed by atoms with Gasteiger partial charge in [-0.15, -0.1) is 0 Å². The zero-order valence-electron chi connectivity index (χ0n) is 11.8. The molecule has 1 heterocycles. The molecular weight excluding hydrogens is 238 g/mol. The predicted molar refractivity (Wildman–Crippen MR) is 76.6 cm³/mol. The molecule has 2 rings (SSSR count). The van der Waals surface area contributed by atoms with Crippen molar-refractivity contribution in [1.29, 1.82) is 0 Å². The topological polar surface area (TPSA) is 38.2 Å². The Morgan fingerprint density at radius 1 is 1.11 bits per heavy atom. The number of anilines is 1. The molecule has 0 radical (unpaired) electrons. The second-order valence-corrected chi connectivity index (χ2v) is 4.62. The Morgan fingerprint density at radius 2 is 1.74 bits per heavy atom. The molecule has 4 nitrogen and oxygen atoms in total. The number of ether oxygens (including phenoxy) is 1. The Labute approximate surface area is 114 Å². The predicted octanol–water partition coefficient (Wildman–Crippen LogP) is 2.74. The zero-order valence-corrected chi connectivity index (χ0v) is 11.8. The molecule has 0 amide bonds. The molecular formula is C15H19N3O. The number of aromatic nitrogens is 2. The summed E-state index contributed by atoms with van der Waals surface area (Å²) < 4.78 is 5.36. The molecule has 2 aromatic rings. The second-order valence-electron chi connectivity index (χ2n) is 4.62. The lowest BCUT2D eigenvalue weighted by molar-refractivity contribution is 0.409. The molecule has 0 spiro atoms. The van der Waals surface area contributed by atoms with Crippen LogP contribution in [0.2, 0.25) is 0 Å². The van der Waals surface area contributed by atoms with E-state index in [1.54, 1.807) is 7.11 Å². The standard InChI is InChI=1S/C15H19N3O/c1-11-9-12(2)17-15(16-11)18(3)10-13-7-5-6-8-14(13)19-4/h5-9H,10H2,1-4H3. The summed E-state index contributed by atoms with van der Waals surface area (Å²) in [6.45, 7) is 4.68. The van der Waals surface area contributed by atoms with Crippen molar-refractivity contribution >= 4 is 5.95 Å². The van der Waals surface area contributed by atoms with Crippen LogP contribution in [0, 0.1) is 13.8 Å². The first kappa shape index (κ1) is 13.3. The van der Waals surface area contributed by atoms with Gasteiger partial charge in [0.05, 0.1) is 7.11 Å². The van der Waals surface area contributed by atoms with Crippen LogP contribution in [-0.4, -0.2) is 24.1 Å². The summed E-state index contributed by atoms with van der Waals surface area (Å²) >= 11 is 0. The van der Waals surface area contributed by atoms with E-state index in [9.17, 15) is 0 Å². The van der Waals surface area contributed by atoms with Gasteiger partial charge in [-0.1, -0.05) is 18.2 Å². The first-order valence-corrected chi connectivity index (χ1v) is 6.25. The van der Waals surface area contributed by atoms with Crippen LogP contribution < -0.4 is 9.64 Å². The Kier molecular flexibility index (Phi) is 4.00. The van der Waals surface area contributed by atoms with E-state index >= 15 is 0 Å². The Balaban J connectivity index is 2.22. The van der Waals surface area contributed by atoms with E-state index in [0.717, 1.165) is 28.6 Å². The normalized spacial score (nSPS) is 10.3. The molecule has 0 aliphatic carbocycles. The van der Waals surface area contributed by atoms with Crippen LogP contribution in [0.5, 0.6) is 5.75 Å². The van der Waals surface area contributed by atoms with Crippen molar-refractivity contribution in [1.82, 2.24) is 9.97 Å². The maximum absolute atomic E-state index is 5.36. The number of hydrogen-bond acceptors (Lipinski definition) is 4. The molecule has 0 aliphatic rings. The van der Waals surface area contributed by atoms with Crippen LogP contribution in [-0.2, 0) is 6.54 Å². The summed E-state index contributed by atoms with van der Waals surface area (Å²) in [7, 11) is 3.67. The number of para-hydroxylation sites is 1. The summed E-state index contributed by atoms with van der Waals surface area (Å²) in [6, 6.07) is 9.97. The smallest absolute Gasteiger partial charge is 0.225 e. The maximum Gasteiger partial charge on any atom is 0.225 e. The minimum Gasteiger partial charge on any atom is -0.496 e. The number of benzene rings is 1. The third-order valence-electron chi connectivity index (χ3n) is 2.91. The van der Waals surface area contributed by atoms with Gasteiger partial charge in [-0.05, 0) is 26.0 Å². The number of aryl methyl sites for hydroxylation is 2. The van der Waals surface area contributed by atoms with Crippen molar-refractivity contribution < 1.29 is 4.74 Å². The van der Waals surface area contributed by atoms with Gasteiger partial charge >= 0.3 is 0 Å². The van der Waals surface area contributed by atoms with Crippen LogP contribution >= 0.6 is 0 Å². The quantitative estimate of drug-likeness (QED) is 0.844.